The highest BCUT2D eigenvalue weighted by molar-refractivity contribution is 5.73. The summed E-state index contributed by atoms with van der Waals surface area (Å²) >= 11 is 0. The largest absolute Gasteiger partial charge is 0.480 e. The molecule has 1 N–H and O–H groups in total. The first-order chi connectivity index (χ1) is 9.63. The van der Waals surface area contributed by atoms with E-state index in [4.69, 9.17) is 0 Å². The van der Waals surface area contributed by atoms with Gasteiger partial charge in [0.2, 0.25) is 0 Å². The van der Waals surface area contributed by atoms with Gasteiger partial charge in [-0.1, -0.05) is 25.8 Å². The Morgan fingerprint density at radius 2 is 2.35 bits per heavy atom. The van der Waals surface area contributed by atoms with Crippen LogP contribution in [0.3, 0.4) is 0 Å². The van der Waals surface area contributed by atoms with Crippen LogP contribution in [0.2, 0.25) is 0 Å². The molecule has 0 radical (unpaired) electrons. The van der Waals surface area contributed by atoms with Crippen LogP contribution in [0.15, 0.2) is 18.2 Å². The van der Waals surface area contributed by atoms with Crippen molar-refractivity contribution in [2.45, 2.75) is 58.0 Å². The van der Waals surface area contributed by atoms with E-state index in [1.165, 1.54) is 0 Å². The number of carbonyl (C=O) groups is 1. The molecule has 0 aromatic carbocycles. The summed E-state index contributed by atoms with van der Waals surface area (Å²) < 4.78 is 0. The van der Waals surface area contributed by atoms with Crippen molar-refractivity contribution in [1.29, 1.82) is 0 Å². The number of aryl methyl sites for hydroxylation is 1. The Hall–Kier alpha value is -1.42. The van der Waals surface area contributed by atoms with Crippen molar-refractivity contribution in [2.24, 2.45) is 0 Å². The third-order valence-electron chi connectivity index (χ3n) is 4.06. The van der Waals surface area contributed by atoms with E-state index in [2.05, 4.69) is 16.8 Å². The van der Waals surface area contributed by atoms with Crippen LogP contribution in [-0.4, -0.2) is 33.5 Å². The number of likely N-dealkylation sites (tertiary alicyclic amines) is 1. The third-order valence-corrected chi connectivity index (χ3v) is 4.06. The van der Waals surface area contributed by atoms with Gasteiger partial charge in [-0.3, -0.25) is 14.7 Å². The minimum atomic E-state index is -0.698. The Balaban J connectivity index is 2.25. The third kappa shape index (κ3) is 3.37. The molecule has 1 saturated heterocycles. The second-order valence-electron chi connectivity index (χ2n) is 5.60. The molecular weight excluding hydrogens is 252 g/mol. The monoisotopic (exact) mass is 276 g/mol. The maximum atomic E-state index is 11.4. The van der Waals surface area contributed by atoms with Crippen LogP contribution in [0.5, 0.6) is 0 Å². The van der Waals surface area contributed by atoms with E-state index >= 15 is 0 Å². The number of hydrogen-bond donors (Lipinski definition) is 1. The first-order valence-electron chi connectivity index (χ1n) is 7.55. The van der Waals surface area contributed by atoms with Gasteiger partial charge in [-0.25, -0.2) is 0 Å². The first kappa shape index (κ1) is 15.0. The second-order valence-corrected chi connectivity index (χ2v) is 5.60. The number of unbranched alkanes of at least 4 members (excludes halogenated alkanes) is 1. The molecule has 0 bridgehead atoms. The summed E-state index contributed by atoms with van der Waals surface area (Å²) in [5.74, 6) is -0.698. The molecule has 2 heterocycles. The Kier molecular flexibility index (Phi) is 5.12. The molecule has 0 amide bonds. The van der Waals surface area contributed by atoms with Gasteiger partial charge in [-0.15, -0.1) is 0 Å². The average Bonchev–Trinajstić information content (AvgIpc) is 2.89. The minimum absolute atomic E-state index is 0.137. The highest BCUT2D eigenvalue weighted by Gasteiger charge is 2.36. The van der Waals surface area contributed by atoms with E-state index in [0.29, 0.717) is 0 Å². The fourth-order valence-electron chi connectivity index (χ4n) is 3.06. The van der Waals surface area contributed by atoms with E-state index in [-0.39, 0.29) is 12.1 Å². The number of pyridine rings is 1. The molecule has 2 atom stereocenters. The Bertz CT molecular complexity index is 462. The standard InChI is InChI=1S/C16H24N2O2/c1-3-4-9-14(13-8-5-7-12(2)17-13)18-11-6-10-15(18)16(19)20/h5,7-8,14-15H,3-4,6,9-11H2,1-2H3,(H,19,20). The number of carboxylic acid groups (broad SMARTS) is 1. The maximum absolute atomic E-state index is 11.4. The molecule has 1 aromatic heterocycles. The molecule has 1 aliphatic heterocycles. The van der Waals surface area contributed by atoms with E-state index in [9.17, 15) is 9.90 Å². The highest BCUT2D eigenvalue weighted by Crippen LogP contribution is 2.32. The van der Waals surface area contributed by atoms with Gasteiger partial charge in [-0.05, 0) is 44.9 Å². The number of aliphatic carboxylic acids is 1. The molecule has 110 valence electrons. The van der Waals surface area contributed by atoms with Crippen LogP contribution in [-0.2, 0) is 4.79 Å². The van der Waals surface area contributed by atoms with Gasteiger partial charge in [0.15, 0.2) is 0 Å². The molecule has 4 heteroatoms. The van der Waals surface area contributed by atoms with Gasteiger partial charge < -0.3 is 5.11 Å². The van der Waals surface area contributed by atoms with Gasteiger partial charge in [0.1, 0.15) is 6.04 Å². The van der Waals surface area contributed by atoms with Gasteiger partial charge in [0.25, 0.3) is 0 Å². The topological polar surface area (TPSA) is 53.4 Å². The van der Waals surface area contributed by atoms with Gasteiger partial charge in [0.05, 0.1) is 11.7 Å². The predicted octanol–water partition coefficient (Wildman–Crippen LogP) is 3.17. The highest BCUT2D eigenvalue weighted by atomic mass is 16.4. The summed E-state index contributed by atoms with van der Waals surface area (Å²) in [6.07, 6.45) is 4.92. The smallest absolute Gasteiger partial charge is 0.320 e. The number of nitrogens with zero attached hydrogens (tertiary/aromatic N) is 2. The molecule has 1 aromatic rings. The zero-order chi connectivity index (χ0) is 14.5. The van der Waals surface area contributed by atoms with Crippen LogP contribution < -0.4 is 0 Å². The van der Waals surface area contributed by atoms with E-state index in [1.807, 2.05) is 25.1 Å². The lowest BCUT2D eigenvalue weighted by Crippen LogP contribution is -2.39. The number of aromatic nitrogens is 1. The Labute approximate surface area is 120 Å². The van der Waals surface area contributed by atoms with Crippen molar-refractivity contribution in [3.05, 3.63) is 29.6 Å². The van der Waals surface area contributed by atoms with E-state index < -0.39 is 5.97 Å². The van der Waals surface area contributed by atoms with Gasteiger partial charge in [-0.2, -0.15) is 0 Å². The summed E-state index contributed by atoms with van der Waals surface area (Å²) in [6.45, 7) is 5.01. The lowest BCUT2D eigenvalue weighted by atomic mass is 10.0. The summed E-state index contributed by atoms with van der Waals surface area (Å²) in [7, 11) is 0. The molecule has 2 unspecified atom stereocenters. The second kappa shape index (κ2) is 6.84. The van der Waals surface area contributed by atoms with Crippen molar-refractivity contribution in [3.8, 4) is 0 Å². The lowest BCUT2D eigenvalue weighted by Gasteiger charge is -2.31. The van der Waals surface area contributed by atoms with Crippen LogP contribution >= 0.6 is 0 Å². The number of hydrogen-bond acceptors (Lipinski definition) is 3. The van der Waals surface area contributed by atoms with Crippen molar-refractivity contribution in [3.63, 3.8) is 0 Å². The minimum Gasteiger partial charge on any atom is -0.480 e. The molecule has 4 nitrogen and oxygen atoms in total. The molecular formula is C16H24N2O2. The Morgan fingerprint density at radius 1 is 1.55 bits per heavy atom. The molecule has 0 aliphatic carbocycles. The summed E-state index contributed by atoms with van der Waals surface area (Å²) in [5, 5.41) is 9.40. The zero-order valence-corrected chi connectivity index (χ0v) is 12.4. The molecule has 1 fully saturated rings. The van der Waals surface area contributed by atoms with Crippen molar-refractivity contribution < 1.29 is 9.90 Å². The van der Waals surface area contributed by atoms with E-state index in [1.54, 1.807) is 0 Å². The van der Waals surface area contributed by atoms with Crippen LogP contribution in [0.4, 0.5) is 0 Å². The quantitative estimate of drug-likeness (QED) is 0.867. The predicted molar refractivity (Wildman–Crippen MR) is 78.6 cm³/mol. The lowest BCUT2D eigenvalue weighted by molar-refractivity contribution is -0.143. The average molecular weight is 276 g/mol. The maximum Gasteiger partial charge on any atom is 0.320 e. The summed E-state index contributed by atoms with van der Waals surface area (Å²) in [4.78, 5) is 18.2. The SMILES string of the molecule is CCCCC(c1cccc(C)n1)N1CCCC1C(=O)O. The normalized spacial score (nSPS) is 21.0. The zero-order valence-electron chi connectivity index (χ0n) is 12.4. The van der Waals surface area contributed by atoms with E-state index in [0.717, 1.165) is 50.0 Å². The van der Waals surface area contributed by atoms with Crippen molar-refractivity contribution >= 4 is 5.97 Å². The summed E-state index contributed by atoms with van der Waals surface area (Å²) in [5.41, 5.74) is 2.02. The molecule has 0 saturated carbocycles. The molecule has 1 aliphatic rings. The molecule has 20 heavy (non-hydrogen) atoms. The van der Waals surface area contributed by atoms with Crippen LogP contribution in [0.25, 0.3) is 0 Å². The first-order valence-corrected chi connectivity index (χ1v) is 7.55. The fraction of sp³-hybridized carbons (Fsp3) is 0.625. The number of rotatable bonds is 6. The van der Waals surface area contributed by atoms with Crippen LogP contribution in [0.1, 0.15) is 56.5 Å². The van der Waals surface area contributed by atoms with Gasteiger partial charge in [0, 0.05) is 5.69 Å². The Morgan fingerprint density at radius 3 is 3.00 bits per heavy atom. The van der Waals surface area contributed by atoms with Crippen molar-refractivity contribution in [1.82, 2.24) is 9.88 Å². The summed E-state index contributed by atoms with van der Waals surface area (Å²) in [6, 6.07) is 5.82. The fourth-order valence-corrected chi connectivity index (χ4v) is 3.06. The molecule has 0 spiro atoms. The van der Waals surface area contributed by atoms with Crippen molar-refractivity contribution in [2.75, 3.05) is 6.54 Å². The van der Waals surface area contributed by atoms with Gasteiger partial charge >= 0.3 is 5.97 Å². The van der Waals surface area contributed by atoms with Crippen LogP contribution in [0, 0.1) is 6.92 Å². The molecule has 2 rings (SSSR count). The number of carboxylic acids is 1.